The Kier molecular flexibility index (Phi) is 7.83. The molecule has 0 aromatic rings. The van der Waals surface area contributed by atoms with Gasteiger partial charge >= 0.3 is 0 Å². The van der Waals surface area contributed by atoms with Gasteiger partial charge in [-0.1, -0.05) is 0 Å². The summed E-state index contributed by atoms with van der Waals surface area (Å²) in [5, 5.41) is 0. The van der Waals surface area contributed by atoms with Crippen molar-refractivity contribution in [2.45, 2.75) is 26.5 Å². The molecule has 0 bridgehead atoms. The molecule has 78 valence electrons. The molecular formula is C9H20O3Si. The first-order chi connectivity index (χ1) is 6.24. The van der Waals surface area contributed by atoms with Crippen LogP contribution in [0.2, 0.25) is 0 Å². The van der Waals surface area contributed by atoms with Gasteiger partial charge in [0.15, 0.2) is 0 Å². The number of rotatable bonds is 7. The van der Waals surface area contributed by atoms with Crippen LogP contribution in [0.15, 0.2) is 12.0 Å². The lowest BCUT2D eigenvalue weighted by Crippen LogP contribution is -2.12. The second-order valence-electron chi connectivity index (χ2n) is 2.51. The first-order valence-corrected chi connectivity index (χ1v) is 5.99. The summed E-state index contributed by atoms with van der Waals surface area (Å²) in [5.74, 6) is 0.596. The lowest BCUT2D eigenvalue weighted by atomic mass is 10.6. The van der Waals surface area contributed by atoms with Crippen molar-refractivity contribution >= 4 is 10.2 Å². The maximum Gasteiger partial charge on any atom is 0.277 e. The Labute approximate surface area is 83.5 Å². The zero-order chi connectivity index (χ0) is 10.1. The summed E-state index contributed by atoms with van der Waals surface area (Å²) in [5.41, 5.74) is 0.179. The van der Waals surface area contributed by atoms with E-state index in [1.807, 2.05) is 26.8 Å². The molecule has 0 fully saturated rings. The van der Waals surface area contributed by atoms with E-state index in [4.69, 9.17) is 14.2 Å². The molecule has 0 aliphatic rings. The van der Waals surface area contributed by atoms with Gasteiger partial charge in [0.05, 0.1) is 18.9 Å². The Bertz CT molecular complexity index is 140. The fraction of sp³-hybridized carbons (Fsp3) is 0.778. The molecule has 0 N–H and O–H groups in total. The maximum atomic E-state index is 5.39. The summed E-state index contributed by atoms with van der Waals surface area (Å²) < 4.78 is 16.0. The van der Waals surface area contributed by atoms with Gasteiger partial charge in [0.1, 0.15) is 0 Å². The molecule has 0 aromatic carbocycles. The highest BCUT2D eigenvalue weighted by molar-refractivity contribution is 6.12. The van der Waals surface area contributed by atoms with E-state index in [-0.39, 0.29) is 5.73 Å². The second-order valence-corrected chi connectivity index (χ2v) is 3.65. The molecule has 4 heteroatoms. The zero-order valence-corrected chi connectivity index (χ0v) is 11.0. The maximum absolute atomic E-state index is 5.39. The van der Waals surface area contributed by atoms with Crippen molar-refractivity contribution in [3.8, 4) is 0 Å². The van der Waals surface area contributed by atoms with E-state index >= 15 is 0 Å². The van der Waals surface area contributed by atoms with Crippen molar-refractivity contribution in [2.75, 3.05) is 19.8 Å². The monoisotopic (exact) mass is 204 g/mol. The van der Waals surface area contributed by atoms with Crippen LogP contribution in [0.5, 0.6) is 0 Å². The first kappa shape index (κ1) is 12.5. The molecule has 0 amide bonds. The van der Waals surface area contributed by atoms with Crippen LogP contribution in [-0.2, 0) is 14.2 Å². The van der Waals surface area contributed by atoms with Crippen molar-refractivity contribution < 1.29 is 14.2 Å². The number of hydrogen-bond donors (Lipinski definition) is 0. The minimum Gasteiger partial charge on any atom is -0.466 e. The highest BCUT2D eigenvalue weighted by atomic mass is 28.1. The highest BCUT2D eigenvalue weighted by Gasteiger charge is 2.02. The lowest BCUT2D eigenvalue weighted by Gasteiger charge is -2.12. The van der Waals surface area contributed by atoms with Gasteiger partial charge < -0.3 is 14.2 Å². The molecule has 3 nitrogen and oxygen atoms in total. The van der Waals surface area contributed by atoms with E-state index in [0.717, 1.165) is 16.8 Å². The van der Waals surface area contributed by atoms with Crippen molar-refractivity contribution in [2.24, 2.45) is 0 Å². The fourth-order valence-electron chi connectivity index (χ4n) is 0.925. The summed E-state index contributed by atoms with van der Waals surface area (Å²) in [4.78, 5) is 0. The fourth-order valence-corrected chi connectivity index (χ4v) is 1.53. The highest BCUT2D eigenvalue weighted by Crippen LogP contribution is 2.02. The van der Waals surface area contributed by atoms with Gasteiger partial charge in [-0.3, -0.25) is 0 Å². The third-order valence-corrected chi connectivity index (χ3v) is 2.04. The molecule has 0 saturated heterocycles. The van der Waals surface area contributed by atoms with Crippen molar-refractivity contribution in [3.63, 3.8) is 0 Å². The summed E-state index contributed by atoms with van der Waals surface area (Å²) >= 11 is 0. The zero-order valence-electron chi connectivity index (χ0n) is 9.00. The summed E-state index contributed by atoms with van der Waals surface area (Å²) in [6.45, 7) is 7.86. The van der Waals surface area contributed by atoms with Gasteiger partial charge in [-0.15, -0.1) is 0 Å². The Hall–Kier alpha value is -0.483. The van der Waals surface area contributed by atoms with E-state index < -0.39 is 0 Å². The summed E-state index contributed by atoms with van der Waals surface area (Å²) in [6.07, 6.45) is 1.91. The van der Waals surface area contributed by atoms with E-state index in [0.29, 0.717) is 19.2 Å². The first-order valence-electron chi connectivity index (χ1n) is 4.83. The molecule has 0 heterocycles. The van der Waals surface area contributed by atoms with Crippen LogP contribution in [0.3, 0.4) is 0 Å². The predicted molar refractivity (Wildman–Crippen MR) is 56.7 cm³/mol. The van der Waals surface area contributed by atoms with Gasteiger partial charge in [0.25, 0.3) is 5.95 Å². The molecule has 13 heavy (non-hydrogen) atoms. The average molecular weight is 204 g/mol. The molecule has 0 saturated carbocycles. The van der Waals surface area contributed by atoms with Gasteiger partial charge in [-0.05, 0) is 20.8 Å². The quantitative estimate of drug-likeness (QED) is 0.450. The molecule has 0 aromatic heterocycles. The molecule has 1 unspecified atom stereocenters. The van der Waals surface area contributed by atoms with Crippen molar-refractivity contribution in [1.29, 1.82) is 0 Å². The molecule has 0 aliphatic carbocycles. The Morgan fingerprint density at radius 1 is 1.15 bits per heavy atom. The van der Waals surface area contributed by atoms with Gasteiger partial charge in [0.2, 0.25) is 0 Å². The smallest absolute Gasteiger partial charge is 0.277 e. The van der Waals surface area contributed by atoms with Crippen LogP contribution in [0.1, 0.15) is 20.8 Å². The average Bonchev–Trinajstić information content (AvgIpc) is 2.05. The van der Waals surface area contributed by atoms with Crippen LogP contribution in [-0.4, -0.2) is 35.8 Å². The third kappa shape index (κ3) is 6.66. The van der Waals surface area contributed by atoms with Crippen molar-refractivity contribution in [3.05, 3.63) is 12.0 Å². The van der Waals surface area contributed by atoms with Gasteiger partial charge in [-0.2, -0.15) is 0 Å². The standard InChI is InChI=1S/C9H20O3Si/c1-4-10-8(11-5-2)7-9(13)12-6-3/h7,9H,4-6H2,1-3,13H3. The van der Waals surface area contributed by atoms with Crippen LogP contribution >= 0.6 is 0 Å². The minimum absolute atomic E-state index is 0.179. The van der Waals surface area contributed by atoms with E-state index in [1.54, 1.807) is 0 Å². The van der Waals surface area contributed by atoms with Crippen molar-refractivity contribution in [1.82, 2.24) is 0 Å². The van der Waals surface area contributed by atoms with Crippen LogP contribution in [0.25, 0.3) is 0 Å². The van der Waals surface area contributed by atoms with Gasteiger partial charge in [0, 0.05) is 22.9 Å². The molecule has 0 rings (SSSR count). The third-order valence-electron chi connectivity index (χ3n) is 1.37. The minimum atomic E-state index is 0.179. The predicted octanol–water partition coefficient (Wildman–Crippen LogP) is 0.629. The second kappa shape index (κ2) is 8.13. The van der Waals surface area contributed by atoms with Crippen LogP contribution in [0.4, 0.5) is 0 Å². The molecule has 0 spiro atoms. The molecule has 1 atom stereocenters. The normalized spacial score (nSPS) is 12.2. The van der Waals surface area contributed by atoms with E-state index in [1.165, 1.54) is 0 Å². The van der Waals surface area contributed by atoms with E-state index in [2.05, 4.69) is 0 Å². The molecule has 0 radical (unpaired) electrons. The topological polar surface area (TPSA) is 27.7 Å². The Balaban J connectivity index is 3.98. The molecular weight excluding hydrogens is 184 g/mol. The summed E-state index contributed by atoms with van der Waals surface area (Å²) in [7, 11) is 0.952. The SMILES string of the molecule is CCOC(=CC([SiH3])OCC)OCC. The van der Waals surface area contributed by atoms with E-state index in [9.17, 15) is 0 Å². The lowest BCUT2D eigenvalue weighted by molar-refractivity contribution is 0.0397. The Morgan fingerprint density at radius 3 is 2.08 bits per heavy atom. The largest absolute Gasteiger partial charge is 0.466 e. The summed E-state index contributed by atoms with van der Waals surface area (Å²) in [6, 6.07) is 0. The van der Waals surface area contributed by atoms with Crippen LogP contribution < -0.4 is 0 Å². The number of hydrogen-bond acceptors (Lipinski definition) is 3. The number of ether oxygens (including phenoxy) is 3. The molecule has 0 aliphatic heterocycles. The Morgan fingerprint density at radius 2 is 1.69 bits per heavy atom. The van der Waals surface area contributed by atoms with Gasteiger partial charge in [-0.25, -0.2) is 0 Å². The van der Waals surface area contributed by atoms with Crippen LogP contribution in [0, 0.1) is 0 Å².